The molecular weight excluding hydrogens is 231 g/mol. The summed E-state index contributed by atoms with van der Waals surface area (Å²) in [7, 11) is 0. The minimum atomic E-state index is -0.623. The molecule has 1 aliphatic heterocycles. The third-order valence-corrected chi connectivity index (χ3v) is 3.65. The molecule has 18 heavy (non-hydrogen) atoms. The van der Waals surface area contributed by atoms with E-state index in [0.29, 0.717) is 25.2 Å². The van der Waals surface area contributed by atoms with E-state index >= 15 is 0 Å². The highest BCUT2D eigenvalue weighted by Crippen LogP contribution is 2.27. The maximum Gasteiger partial charge on any atom is 0.146 e. The summed E-state index contributed by atoms with van der Waals surface area (Å²) >= 11 is 0. The fourth-order valence-electron chi connectivity index (χ4n) is 2.44. The van der Waals surface area contributed by atoms with Crippen molar-refractivity contribution in [3.8, 4) is 0 Å². The zero-order chi connectivity index (χ0) is 13.2. The van der Waals surface area contributed by atoms with Gasteiger partial charge in [0.2, 0.25) is 0 Å². The first kappa shape index (κ1) is 13.3. The van der Waals surface area contributed by atoms with E-state index in [-0.39, 0.29) is 5.82 Å². The fourth-order valence-corrected chi connectivity index (χ4v) is 2.44. The van der Waals surface area contributed by atoms with Gasteiger partial charge in [-0.05, 0) is 43.9 Å². The predicted molar refractivity (Wildman–Crippen MR) is 71.0 cm³/mol. The lowest BCUT2D eigenvalue weighted by molar-refractivity contribution is 0.0481. The summed E-state index contributed by atoms with van der Waals surface area (Å²) < 4.78 is 14.0. The monoisotopic (exact) mass is 252 g/mol. The van der Waals surface area contributed by atoms with Gasteiger partial charge in [-0.2, -0.15) is 0 Å². The summed E-state index contributed by atoms with van der Waals surface area (Å²) in [5, 5.41) is 10.0. The number of halogens is 1. The van der Waals surface area contributed by atoms with Crippen LogP contribution in [0.15, 0.2) is 18.2 Å². The molecule has 1 aromatic rings. The molecule has 2 rings (SSSR count). The van der Waals surface area contributed by atoms with Gasteiger partial charge in [-0.25, -0.2) is 4.39 Å². The van der Waals surface area contributed by atoms with E-state index in [1.54, 1.807) is 6.07 Å². The Morgan fingerprint density at radius 3 is 2.83 bits per heavy atom. The van der Waals surface area contributed by atoms with Crippen LogP contribution < -0.4 is 10.6 Å². The summed E-state index contributed by atoms with van der Waals surface area (Å²) in [5.74, 6) is -0.223. The van der Waals surface area contributed by atoms with Crippen molar-refractivity contribution in [1.29, 1.82) is 0 Å². The van der Waals surface area contributed by atoms with Crippen molar-refractivity contribution in [2.24, 2.45) is 5.73 Å². The van der Waals surface area contributed by atoms with E-state index in [1.807, 2.05) is 17.9 Å². The van der Waals surface area contributed by atoms with Crippen LogP contribution in [0.2, 0.25) is 0 Å². The largest absolute Gasteiger partial charge is 0.390 e. The second-order valence-electron chi connectivity index (χ2n) is 5.33. The van der Waals surface area contributed by atoms with Gasteiger partial charge in [-0.15, -0.1) is 0 Å². The molecule has 0 spiro atoms. The summed E-state index contributed by atoms with van der Waals surface area (Å²) in [6.07, 6.45) is 2.32. The van der Waals surface area contributed by atoms with Gasteiger partial charge in [0.05, 0.1) is 11.3 Å². The second-order valence-corrected chi connectivity index (χ2v) is 5.33. The molecule has 3 nitrogen and oxygen atoms in total. The highest BCUT2D eigenvalue weighted by Gasteiger charge is 2.25. The first-order valence-electron chi connectivity index (χ1n) is 6.48. The Morgan fingerprint density at radius 2 is 2.17 bits per heavy atom. The van der Waals surface area contributed by atoms with E-state index < -0.39 is 5.60 Å². The van der Waals surface area contributed by atoms with Gasteiger partial charge in [-0.3, -0.25) is 0 Å². The Bertz CT molecular complexity index is 420. The molecule has 100 valence electrons. The minimum absolute atomic E-state index is 0.223. The van der Waals surface area contributed by atoms with Crippen LogP contribution in [-0.4, -0.2) is 23.8 Å². The van der Waals surface area contributed by atoms with Crippen molar-refractivity contribution in [3.05, 3.63) is 29.6 Å². The number of hydrogen-bond acceptors (Lipinski definition) is 3. The van der Waals surface area contributed by atoms with Crippen molar-refractivity contribution < 1.29 is 9.50 Å². The van der Waals surface area contributed by atoms with E-state index in [4.69, 9.17) is 5.73 Å². The van der Waals surface area contributed by atoms with Crippen LogP contribution in [0.5, 0.6) is 0 Å². The second kappa shape index (κ2) is 5.24. The molecule has 0 amide bonds. The van der Waals surface area contributed by atoms with Crippen molar-refractivity contribution >= 4 is 5.69 Å². The van der Waals surface area contributed by atoms with Gasteiger partial charge in [0.15, 0.2) is 0 Å². The predicted octanol–water partition coefficient (Wildman–Crippen LogP) is 2.03. The summed E-state index contributed by atoms with van der Waals surface area (Å²) in [6, 6.07) is 5.15. The number of anilines is 1. The fraction of sp³-hybridized carbons (Fsp3) is 0.571. The van der Waals surface area contributed by atoms with Crippen molar-refractivity contribution in [3.63, 3.8) is 0 Å². The average molecular weight is 252 g/mol. The van der Waals surface area contributed by atoms with Crippen LogP contribution in [0, 0.1) is 5.82 Å². The first-order chi connectivity index (χ1) is 8.52. The lowest BCUT2D eigenvalue weighted by atomic mass is 9.98. The lowest BCUT2D eigenvalue weighted by Gasteiger charge is -2.24. The van der Waals surface area contributed by atoms with Crippen LogP contribution in [0.25, 0.3) is 0 Å². The zero-order valence-corrected chi connectivity index (χ0v) is 10.8. The van der Waals surface area contributed by atoms with Crippen LogP contribution in [0.1, 0.15) is 31.7 Å². The molecule has 1 saturated heterocycles. The maximum absolute atomic E-state index is 14.0. The molecular formula is C14H21FN2O. The topological polar surface area (TPSA) is 49.5 Å². The normalized spacial score (nSPS) is 25.0. The highest BCUT2D eigenvalue weighted by molar-refractivity contribution is 5.49. The molecule has 3 N–H and O–H groups in total. The van der Waals surface area contributed by atoms with Gasteiger partial charge in [0.25, 0.3) is 0 Å². The smallest absolute Gasteiger partial charge is 0.146 e. The molecule has 4 heteroatoms. The maximum atomic E-state index is 14.0. The minimum Gasteiger partial charge on any atom is -0.390 e. The van der Waals surface area contributed by atoms with E-state index in [9.17, 15) is 9.50 Å². The van der Waals surface area contributed by atoms with Crippen molar-refractivity contribution in [2.45, 2.75) is 38.3 Å². The molecule has 1 unspecified atom stereocenters. The van der Waals surface area contributed by atoms with Crippen LogP contribution in [-0.2, 0) is 6.54 Å². The van der Waals surface area contributed by atoms with Crippen LogP contribution in [0.4, 0.5) is 10.1 Å². The van der Waals surface area contributed by atoms with Gasteiger partial charge >= 0.3 is 0 Å². The molecule has 1 atom stereocenters. The Kier molecular flexibility index (Phi) is 3.88. The molecule has 1 heterocycles. The third kappa shape index (κ3) is 3.00. The van der Waals surface area contributed by atoms with Crippen LogP contribution >= 0.6 is 0 Å². The molecule has 0 aromatic heterocycles. The molecule has 1 aliphatic rings. The first-order valence-corrected chi connectivity index (χ1v) is 6.48. The Balaban J connectivity index is 2.16. The molecule has 0 radical (unpaired) electrons. The van der Waals surface area contributed by atoms with E-state index in [0.717, 1.165) is 24.9 Å². The summed E-state index contributed by atoms with van der Waals surface area (Å²) in [4.78, 5) is 2.01. The highest BCUT2D eigenvalue weighted by atomic mass is 19.1. The number of rotatable bonds is 2. The number of benzene rings is 1. The van der Waals surface area contributed by atoms with E-state index in [1.165, 1.54) is 6.07 Å². The van der Waals surface area contributed by atoms with Gasteiger partial charge in [0.1, 0.15) is 5.82 Å². The number of hydrogen-bond donors (Lipinski definition) is 2. The molecule has 0 aliphatic carbocycles. The molecule has 1 aromatic carbocycles. The van der Waals surface area contributed by atoms with Crippen molar-refractivity contribution in [1.82, 2.24) is 0 Å². The SMILES string of the molecule is CC1(O)CCCN(c2ccc(CN)cc2F)CC1. The Labute approximate surface area is 107 Å². The average Bonchev–Trinajstić information content (AvgIpc) is 2.50. The Morgan fingerprint density at radius 1 is 1.39 bits per heavy atom. The molecule has 1 fully saturated rings. The van der Waals surface area contributed by atoms with E-state index in [2.05, 4.69) is 0 Å². The Hall–Kier alpha value is -1.13. The number of nitrogens with two attached hydrogens (primary N) is 1. The van der Waals surface area contributed by atoms with Crippen LogP contribution in [0.3, 0.4) is 0 Å². The number of aliphatic hydroxyl groups is 1. The summed E-state index contributed by atoms with van der Waals surface area (Å²) in [5.41, 5.74) is 6.29. The standard InChI is InChI=1S/C14H21FN2O/c1-14(18)5-2-7-17(8-6-14)13-4-3-11(10-16)9-12(13)15/h3-4,9,18H,2,5-8,10,16H2,1H3. The zero-order valence-electron chi connectivity index (χ0n) is 10.8. The van der Waals surface area contributed by atoms with Gasteiger partial charge < -0.3 is 15.7 Å². The lowest BCUT2D eigenvalue weighted by Crippen LogP contribution is -2.28. The van der Waals surface area contributed by atoms with Gasteiger partial charge in [-0.1, -0.05) is 6.07 Å². The van der Waals surface area contributed by atoms with Gasteiger partial charge in [0, 0.05) is 19.6 Å². The molecule has 0 saturated carbocycles. The summed E-state index contributed by atoms with van der Waals surface area (Å²) in [6.45, 7) is 3.68. The third-order valence-electron chi connectivity index (χ3n) is 3.65. The quantitative estimate of drug-likeness (QED) is 0.846. The molecule has 0 bridgehead atoms. The number of nitrogens with zero attached hydrogens (tertiary/aromatic N) is 1. The van der Waals surface area contributed by atoms with Crippen molar-refractivity contribution in [2.75, 3.05) is 18.0 Å².